The van der Waals surface area contributed by atoms with E-state index in [1.54, 1.807) is 18.7 Å². The van der Waals surface area contributed by atoms with Crippen molar-refractivity contribution in [1.29, 1.82) is 0 Å². The van der Waals surface area contributed by atoms with E-state index < -0.39 is 16.9 Å². The van der Waals surface area contributed by atoms with Gasteiger partial charge in [-0.3, -0.25) is 19.9 Å². The zero-order valence-corrected chi connectivity index (χ0v) is 22.8. The van der Waals surface area contributed by atoms with Gasteiger partial charge in [0.2, 0.25) is 0 Å². The van der Waals surface area contributed by atoms with Crippen molar-refractivity contribution in [1.82, 2.24) is 29.4 Å². The maximum Gasteiger partial charge on any atom is 0.287 e. The van der Waals surface area contributed by atoms with Gasteiger partial charge in [-0.2, -0.15) is 0 Å². The van der Waals surface area contributed by atoms with Gasteiger partial charge in [-0.1, -0.05) is 25.1 Å². The number of carbonyl (C=O) groups is 1. The predicted molar refractivity (Wildman–Crippen MR) is 156 cm³/mol. The highest BCUT2D eigenvalue weighted by Gasteiger charge is 2.25. The largest absolute Gasteiger partial charge is 0.451 e. The first-order valence-corrected chi connectivity index (χ1v) is 13.5. The number of nitrogens with zero attached hydrogens (tertiary/aromatic N) is 6. The number of aromatic nitrogens is 5. The monoisotopic (exact) mass is 561 g/mol. The van der Waals surface area contributed by atoms with E-state index in [-0.39, 0.29) is 11.4 Å². The fraction of sp³-hybridized carbons (Fsp3) is 0.161. The first kappa shape index (κ1) is 26.6. The Hall–Kier alpha value is -5.58. The molecule has 0 saturated carbocycles. The highest BCUT2D eigenvalue weighted by Crippen LogP contribution is 2.28. The van der Waals surface area contributed by atoms with Crippen LogP contribution in [0.3, 0.4) is 0 Å². The number of hydrogen-bond acceptors (Lipinski definition) is 7. The van der Waals surface area contributed by atoms with Crippen molar-refractivity contribution in [3.8, 4) is 16.9 Å². The van der Waals surface area contributed by atoms with E-state index in [1.165, 1.54) is 24.3 Å². The minimum Gasteiger partial charge on any atom is -0.451 e. The summed E-state index contributed by atoms with van der Waals surface area (Å²) in [5.74, 6) is 0.295. The van der Waals surface area contributed by atoms with E-state index in [0.717, 1.165) is 29.1 Å². The Kier molecular flexibility index (Phi) is 7.29. The second-order valence-corrected chi connectivity index (χ2v) is 9.81. The Morgan fingerprint density at radius 3 is 2.64 bits per heavy atom. The van der Waals surface area contributed by atoms with E-state index in [2.05, 4.69) is 26.8 Å². The second-order valence-electron chi connectivity index (χ2n) is 9.81. The first-order chi connectivity index (χ1) is 20.5. The number of pyridine rings is 1. The molecule has 0 saturated heterocycles. The minimum atomic E-state index is -0.527. The van der Waals surface area contributed by atoms with E-state index in [1.807, 2.05) is 59.4 Å². The summed E-state index contributed by atoms with van der Waals surface area (Å²) in [5.41, 5.74) is 4.03. The lowest BCUT2D eigenvalue weighted by atomic mass is 10.1. The van der Waals surface area contributed by atoms with Gasteiger partial charge in [0.25, 0.3) is 11.6 Å². The Labute approximate surface area is 240 Å². The second kappa shape index (κ2) is 11.5. The summed E-state index contributed by atoms with van der Waals surface area (Å²) in [6, 6.07) is 19.0. The zero-order valence-electron chi connectivity index (χ0n) is 22.8. The molecule has 210 valence electrons. The number of imidazole rings is 2. The van der Waals surface area contributed by atoms with Crippen molar-refractivity contribution >= 4 is 22.6 Å². The third-order valence-corrected chi connectivity index (χ3v) is 6.99. The fourth-order valence-corrected chi connectivity index (χ4v) is 4.99. The molecule has 0 bridgehead atoms. The molecule has 1 unspecified atom stereocenters. The van der Waals surface area contributed by atoms with Crippen LogP contribution in [0.2, 0.25) is 0 Å². The number of nitro benzene ring substituents is 1. The van der Waals surface area contributed by atoms with Gasteiger partial charge in [0, 0.05) is 60.5 Å². The van der Waals surface area contributed by atoms with Gasteiger partial charge in [0.05, 0.1) is 29.2 Å². The standard InChI is InChI=1S/C31H27N7O4/c1-2-14-37-27(21-6-8-24(9-7-21)36-15-13-32-20-36)19-34-30(37)26(18-23-5-3-4-12-33-23)35-31(39)29-17-22-16-25(38(40)41)10-11-28(22)42-29/h3-13,15-17,19-20,26H,2,14,18H2,1H3,(H,35,39). The predicted octanol–water partition coefficient (Wildman–Crippen LogP) is 5.91. The molecule has 1 atom stereocenters. The molecule has 6 aromatic rings. The third-order valence-electron chi connectivity index (χ3n) is 6.99. The van der Waals surface area contributed by atoms with Crippen LogP contribution in [0.5, 0.6) is 0 Å². The molecule has 0 aliphatic heterocycles. The zero-order chi connectivity index (χ0) is 29.1. The van der Waals surface area contributed by atoms with Gasteiger partial charge in [-0.15, -0.1) is 0 Å². The Morgan fingerprint density at radius 1 is 1.07 bits per heavy atom. The van der Waals surface area contributed by atoms with Crippen LogP contribution in [-0.2, 0) is 13.0 Å². The topological polar surface area (TPSA) is 134 Å². The summed E-state index contributed by atoms with van der Waals surface area (Å²) in [7, 11) is 0. The molecular formula is C31H27N7O4. The number of fused-ring (bicyclic) bond motifs is 1. The maximum absolute atomic E-state index is 13.5. The number of rotatable bonds is 10. The van der Waals surface area contributed by atoms with E-state index >= 15 is 0 Å². The number of nitro groups is 1. The summed E-state index contributed by atoms with van der Waals surface area (Å²) in [6.45, 7) is 2.78. The number of carbonyl (C=O) groups excluding carboxylic acids is 1. The lowest BCUT2D eigenvalue weighted by Gasteiger charge is -2.20. The smallest absolute Gasteiger partial charge is 0.287 e. The number of hydrogen-bond donors (Lipinski definition) is 1. The molecule has 0 radical (unpaired) electrons. The van der Waals surface area contributed by atoms with Gasteiger partial charge in [-0.05, 0) is 48.4 Å². The molecule has 0 aliphatic carbocycles. The van der Waals surface area contributed by atoms with Crippen LogP contribution in [0.25, 0.3) is 27.9 Å². The molecule has 42 heavy (non-hydrogen) atoms. The molecule has 2 aromatic carbocycles. The van der Waals surface area contributed by atoms with Crippen molar-refractivity contribution in [3.05, 3.63) is 125 Å². The van der Waals surface area contributed by atoms with Crippen LogP contribution >= 0.6 is 0 Å². The van der Waals surface area contributed by atoms with E-state index in [9.17, 15) is 14.9 Å². The normalized spacial score (nSPS) is 11.9. The lowest BCUT2D eigenvalue weighted by molar-refractivity contribution is -0.384. The van der Waals surface area contributed by atoms with Gasteiger partial charge in [0.15, 0.2) is 5.76 Å². The number of furan rings is 1. The van der Waals surface area contributed by atoms with Gasteiger partial charge < -0.3 is 18.9 Å². The van der Waals surface area contributed by atoms with E-state index in [4.69, 9.17) is 9.40 Å². The van der Waals surface area contributed by atoms with Crippen molar-refractivity contribution in [2.24, 2.45) is 0 Å². The fourth-order valence-electron chi connectivity index (χ4n) is 4.99. The highest BCUT2D eigenvalue weighted by atomic mass is 16.6. The minimum absolute atomic E-state index is 0.0560. The molecule has 11 heteroatoms. The molecule has 4 heterocycles. The Morgan fingerprint density at radius 2 is 1.93 bits per heavy atom. The molecule has 6 rings (SSSR count). The van der Waals surface area contributed by atoms with Gasteiger partial charge in [0.1, 0.15) is 11.4 Å². The van der Waals surface area contributed by atoms with Crippen molar-refractivity contribution in [3.63, 3.8) is 0 Å². The molecule has 0 spiro atoms. The van der Waals surface area contributed by atoms with Crippen LogP contribution < -0.4 is 5.32 Å². The molecule has 4 aromatic heterocycles. The third kappa shape index (κ3) is 5.39. The number of nitrogens with one attached hydrogen (secondary N) is 1. The van der Waals surface area contributed by atoms with Crippen LogP contribution in [0.4, 0.5) is 5.69 Å². The molecule has 1 N–H and O–H groups in total. The summed E-state index contributed by atoms with van der Waals surface area (Å²) in [6.07, 6.45) is 10.2. The molecule has 0 fully saturated rings. The number of non-ortho nitro benzene ring substituents is 1. The van der Waals surface area contributed by atoms with Gasteiger partial charge in [-0.25, -0.2) is 9.97 Å². The maximum atomic E-state index is 13.5. The molecular weight excluding hydrogens is 534 g/mol. The Bertz CT molecular complexity index is 1840. The van der Waals surface area contributed by atoms with Crippen LogP contribution in [0, 0.1) is 10.1 Å². The number of benzene rings is 2. The lowest BCUT2D eigenvalue weighted by Crippen LogP contribution is -2.32. The van der Waals surface area contributed by atoms with Crippen LogP contribution in [0.15, 0.2) is 102 Å². The summed E-state index contributed by atoms with van der Waals surface area (Å²) in [4.78, 5) is 37.6. The Balaban J connectivity index is 1.34. The van der Waals surface area contributed by atoms with E-state index in [0.29, 0.717) is 29.8 Å². The van der Waals surface area contributed by atoms with Crippen LogP contribution in [0.1, 0.15) is 41.5 Å². The number of amides is 1. The van der Waals surface area contributed by atoms with Crippen LogP contribution in [-0.4, -0.2) is 34.9 Å². The molecule has 1 amide bonds. The van der Waals surface area contributed by atoms with Crippen molar-refractivity contribution in [2.45, 2.75) is 32.4 Å². The van der Waals surface area contributed by atoms with Crippen molar-refractivity contribution in [2.75, 3.05) is 0 Å². The van der Waals surface area contributed by atoms with Gasteiger partial charge >= 0.3 is 0 Å². The first-order valence-electron chi connectivity index (χ1n) is 13.5. The summed E-state index contributed by atoms with van der Waals surface area (Å²) < 4.78 is 9.83. The molecule has 11 nitrogen and oxygen atoms in total. The average Bonchev–Trinajstić information content (AvgIpc) is 3.78. The summed E-state index contributed by atoms with van der Waals surface area (Å²) >= 11 is 0. The molecule has 0 aliphatic rings. The highest BCUT2D eigenvalue weighted by molar-refractivity contribution is 5.96. The quantitative estimate of drug-likeness (QED) is 0.162. The average molecular weight is 562 g/mol. The SMILES string of the molecule is CCCn1c(-c2ccc(-n3ccnc3)cc2)cnc1C(Cc1ccccn1)NC(=O)c1cc2cc([N+](=O)[O-])ccc2o1. The summed E-state index contributed by atoms with van der Waals surface area (Å²) in [5, 5.41) is 14.8. The van der Waals surface area contributed by atoms with Crippen molar-refractivity contribution < 1.29 is 14.1 Å².